The van der Waals surface area contributed by atoms with E-state index in [4.69, 9.17) is 16.9 Å². The molecule has 4 atom stereocenters. The molecule has 10 heteroatoms. The highest BCUT2D eigenvalue weighted by Gasteiger charge is 2.69. The molecule has 9 nitrogen and oxygen atoms in total. The fourth-order valence-corrected chi connectivity index (χ4v) is 3.27. The van der Waals surface area contributed by atoms with Gasteiger partial charge in [0.15, 0.2) is 5.82 Å². The number of tetrazole rings is 1. The first-order valence-electron chi connectivity index (χ1n) is 5.97. The second kappa shape index (κ2) is 5.33. The minimum absolute atomic E-state index is 0.314. The van der Waals surface area contributed by atoms with Crippen molar-refractivity contribution in [1.82, 2.24) is 25.5 Å². The fourth-order valence-electron chi connectivity index (χ4n) is 2.94. The number of aromatic nitrogens is 4. The van der Waals surface area contributed by atoms with Crippen molar-refractivity contribution in [3.63, 3.8) is 0 Å². The zero-order chi connectivity index (χ0) is 14.9. The highest BCUT2D eigenvalue weighted by atomic mass is 35.5. The van der Waals surface area contributed by atoms with Crippen LogP contribution in [0.15, 0.2) is 0 Å². The van der Waals surface area contributed by atoms with Crippen LogP contribution in [0.3, 0.4) is 0 Å². The number of hydrogen-bond acceptors (Lipinski definition) is 6. The molecule has 0 aromatic carbocycles. The molecule has 1 fully saturated rings. The maximum atomic E-state index is 11.3. The first kappa shape index (κ1) is 14.7. The lowest BCUT2D eigenvalue weighted by Gasteiger charge is -2.19. The Morgan fingerprint density at radius 2 is 2.25 bits per heavy atom. The number of halogens is 1. The van der Waals surface area contributed by atoms with Crippen molar-refractivity contribution in [3.05, 3.63) is 5.82 Å². The van der Waals surface area contributed by atoms with E-state index in [1.807, 2.05) is 0 Å². The largest absolute Gasteiger partial charge is 0.481 e. The van der Waals surface area contributed by atoms with E-state index in [0.29, 0.717) is 18.7 Å². The number of rotatable bonds is 7. The van der Waals surface area contributed by atoms with Gasteiger partial charge in [-0.2, -0.15) is 5.21 Å². The van der Waals surface area contributed by atoms with E-state index >= 15 is 0 Å². The number of aryl methyl sites for hydroxylation is 1. The molecule has 1 saturated carbocycles. The number of aliphatic carboxylic acids is 2. The maximum absolute atomic E-state index is 11.3. The molecule has 1 unspecified atom stereocenters. The average Bonchev–Trinajstić information content (AvgIpc) is 2.75. The van der Waals surface area contributed by atoms with Crippen molar-refractivity contribution in [1.29, 1.82) is 0 Å². The molecule has 1 heterocycles. The SMILES string of the molecule is C[C@]1(C(NCl)C(=O)O)[C@@H](CCc2nn[nH]n2)[C@@H]1C(=O)O. The monoisotopic (exact) mass is 303 g/mol. The Morgan fingerprint density at radius 1 is 1.55 bits per heavy atom. The number of nitrogens with zero attached hydrogens (tertiary/aromatic N) is 3. The van der Waals surface area contributed by atoms with Gasteiger partial charge in [-0.25, -0.2) is 4.84 Å². The number of carbonyl (C=O) groups is 2. The highest BCUT2D eigenvalue weighted by molar-refractivity contribution is 6.15. The number of hydrogen-bond donors (Lipinski definition) is 4. The standard InChI is InChI=1S/C10H14ClN5O4/c1-10(7(12-11)9(19)20)4(6(10)8(17)18)2-3-5-13-15-16-14-5/h4,6-7,12H,2-3H2,1H3,(H,17,18)(H,19,20)(H,13,14,15,16)/t4-,6+,7?,10-/m0/s1. The average molecular weight is 304 g/mol. The number of nitrogens with one attached hydrogen (secondary N) is 2. The zero-order valence-electron chi connectivity index (χ0n) is 10.6. The van der Waals surface area contributed by atoms with Gasteiger partial charge in [-0.05, 0) is 24.1 Å². The van der Waals surface area contributed by atoms with Crippen LogP contribution in [-0.4, -0.2) is 48.8 Å². The fraction of sp³-hybridized carbons (Fsp3) is 0.700. The minimum atomic E-state index is -1.17. The summed E-state index contributed by atoms with van der Waals surface area (Å²) in [6.07, 6.45) is 0.879. The predicted octanol–water partition coefficient (Wildman–Crippen LogP) is -0.334. The number of carboxylic acids is 2. The van der Waals surface area contributed by atoms with E-state index in [1.165, 1.54) is 0 Å². The van der Waals surface area contributed by atoms with Crippen molar-refractivity contribution in [2.45, 2.75) is 25.8 Å². The molecule has 0 amide bonds. The van der Waals surface area contributed by atoms with Gasteiger partial charge in [0.05, 0.1) is 5.92 Å². The Bertz CT molecular complexity index is 510. The van der Waals surface area contributed by atoms with Crippen molar-refractivity contribution < 1.29 is 19.8 Å². The Morgan fingerprint density at radius 3 is 2.70 bits per heavy atom. The maximum Gasteiger partial charge on any atom is 0.322 e. The summed E-state index contributed by atoms with van der Waals surface area (Å²) in [5.41, 5.74) is -0.941. The summed E-state index contributed by atoms with van der Waals surface area (Å²) in [7, 11) is 0. The lowest BCUT2D eigenvalue weighted by atomic mass is 9.93. The van der Waals surface area contributed by atoms with Gasteiger partial charge in [0.25, 0.3) is 0 Å². The van der Waals surface area contributed by atoms with Gasteiger partial charge in [-0.15, -0.1) is 10.2 Å². The van der Waals surface area contributed by atoms with E-state index in [0.717, 1.165) is 0 Å². The Labute approximate surface area is 118 Å². The summed E-state index contributed by atoms with van der Waals surface area (Å²) >= 11 is 5.46. The predicted molar refractivity (Wildman–Crippen MR) is 65.6 cm³/mol. The van der Waals surface area contributed by atoms with Crippen molar-refractivity contribution in [3.8, 4) is 0 Å². The van der Waals surface area contributed by atoms with Crippen molar-refractivity contribution in [2.24, 2.45) is 17.3 Å². The highest BCUT2D eigenvalue weighted by Crippen LogP contribution is 2.62. The van der Waals surface area contributed by atoms with Crippen molar-refractivity contribution in [2.75, 3.05) is 0 Å². The van der Waals surface area contributed by atoms with Crippen LogP contribution in [0.2, 0.25) is 0 Å². The molecule has 20 heavy (non-hydrogen) atoms. The first-order valence-corrected chi connectivity index (χ1v) is 6.34. The number of H-pyrrole nitrogens is 1. The summed E-state index contributed by atoms with van der Waals surface area (Å²) < 4.78 is 0. The quantitative estimate of drug-likeness (QED) is 0.501. The third kappa shape index (κ3) is 2.34. The minimum Gasteiger partial charge on any atom is -0.481 e. The molecule has 4 N–H and O–H groups in total. The molecule has 1 aromatic rings. The van der Waals surface area contributed by atoms with Gasteiger partial charge < -0.3 is 10.2 Å². The molecule has 1 aromatic heterocycles. The molecule has 1 aliphatic rings. The van der Waals surface area contributed by atoms with Gasteiger partial charge in [0, 0.05) is 11.8 Å². The Kier molecular flexibility index (Phi) is 3.91. The third-order valence-corrected chi connectivity index (χ3v) is 4.29. The van der Waals surface area contributed by atoms with Crippen LogP contribution in [0.25, 0.3) is 0 Å². The number of aromatic amines is 1. The van der Waals surface area contributed by atoms with Crippen LogP contribution < -0.4 is 4.84 Å². The molecule has 0 saturated heterocycles. The summed E-state index contributed by atoms with van der Waals surface area (Å²) in [5, 5.41) is 31.6. The smallest absolute Gasteiger partial charge is 0.322 e. The molecule has 0 bridgehead atoms. The summed E-state index contributed by atoms with van der Waals surface area (Å²) in [6, 6.07) is -1.12. The van der Waals surface area contributed by atoms with Gasteiger partial charge >= 0.3 is 11.9 Å². The van der Waals surface area contributed by atoms with E-state index < -0.39 is 29.3 Å². The van der Waals surface area contributed by atoms with Gasteiger partial charge in [0.1, 0.15) is 6.04 Å². The lowest BCUT2D eigenvalue weighted by molar-refractivity contribution is -0.142. The topological polar surface area (TPSA) is 141 Å². The summed E-state index contributed by atoms with van der Waals surface area (Å²) in [4.78, 5) is 24.6. The lowest BCUT2D eigenvalue weighted by Crippen LogP contribution is -2.40. The summed E-state index contributed by atoms with van der Waals surface area (Å²) in [5.74, 6) is -2.80. The van der Waals surface area contributed by atoms with Gasteiger partial charge in [-0.3, -0.25) is 9.59 Å². The Balaban J connectivity index is 2.10. The first-order chi connectivity index (χ1) is 9.42. The number of carboxylic acid groups (broad SMARTS) is 2. The second-order valence-corrected chi connectivity index (χ2v) is 5.25. The van der Waals surface area contributed by atoms with Gasteiger partial charge in [0.2, 0.25) is 0 Å². The van der Waals surface area contributed by atoms with E-state index in [-0.39, 0.29) is 5.92 Å². The molecule has 1 aliphatic carbocycles. The molecule has 110 valence electrons. The molecule has 0 radical (unpaired) electrons. The third-order valence-electron chi connectivity index (χ3n) is 4.07. The van der Waals surface area contributed by atoms with Crippen molar-refractivity contribution >= 4 is 23.7 Å². The zero-order valence-corrected chi connectivity index (χ0v) is 11.3. The molecule has 0 aliphatic heterocycles. The van der Waals surface area contributed by atoms with Gasteiger partial charge in [-0.1, -0.05) is 12.1 Å². The second-order valence-electron chi connectivity index (χ2n) is 5.04. The van der Waals surface area contributed by atoms with E-state index in [2.05, 4.69) is 25.5 Å². The van der Waals surface area contributed by atoms with Crippen LogP contribution in [0.4, 0.5) is 0 Å². The molecular formula is C10H14ClN5O4. The van der Waals surface area contributed by atoms with Crippen LogP contribution in [0.5, 0.6) is 0 Å². The van der Waals surface area contributed by atoms with Crippen LogP contribution >= 0.6 is 11.8 Å². The Hall–Kier alpha value is -1.74. The normalized spacial score (nSPS) is 29.9. The van der Waals surface area contributed by atoms with Crippen LogP contribution in [0.1, 0.15) is 19.2 Å². The molecular weight excluding hydrogens is 290 g/mol. The van der Waals surface area contributed by atoms with Crippen LogP contribution in [-0.2, 0) is 16.0 Å². The van der Waals surface area contributed by atoms with E-state index in [1.54, 1.807) is 6.92 Å². The summed E-state index contributed by atoms with van der Waals surface area (Å²) in [6.45, 7) is 1.61. The van der Waals surface area contributed by atoms with E-state index in [9.17, 15) is 14.7 Å². The van der Waals surface area contributed by atoms with Crippen LogP contribution in [0, 0.1) is 17.3 Å². The molecule has 2 rings (SSSR count). The molecule has 0 spiro atoms.